The van der Waals surface area contributed by atoms with Crippen molar-refractivity contribution in [3.8, 4) is 0 Å². The fourth-order valence-corrected chi connectivity index (χ4v) is 4.37. The van der Waals surface area contributed by atoms with Crippen molar-refractivity contribution in [2.45, 2.75) is 43.9 Å². The molecule has 1 saturated carbocycles. The van der Waals surface area contributed by atoms with Crippen LogP contribution in [0.4, 0.5) is 4.79 Å². The Bertz CT molecular complexity index is 753. The second-order valence-electron chi connectivity index (χ2n) is 7.58. The number of rotatable bonds is 5. The lowest BCUT2D eigenvalue weighted by Crippen LogP contribution is -2.59. The van der Waals surface area contributed by atoms with Crippen molar-refractivity contribution >= 4 is 37.9 Å². The Balaban J connectivity index is 1.40. The molecule has 4 rings (SSSR count). The summed E-state index contributed by atoms with van der Waals surface area (Å²) in [5, 5.41) is 3.15. The molecule has 2 amide bonds. The van der Waals surface area contributed by atoms with E-state index in [0.717, 1.165) is 32.9 Å². The van der Waals surface area contributed by atoms with Crippen molar-refractivity contribution in [3.63, 3.8) is 0 Å². The normalized spacial score (nSPS) is 17.8. The average molecular weight is 508 g/mol. The molecule has 4 nitrogen and oxygen atoms in total. The maximum Gasteiger partial charge on any atom is 0.317 e. The second-order valence-corrected chi connectivity index (χ2v) is 9.41. The van der Waals surface area contributed by atoms with Crippen molar-refractivity contribution in [1.29, 1.82) is 0 Å². The van der Waals surface area contributed by atoms with Crippen molar-refractivity contribution in [2.24, 2.45) is 0 Å². The maximum atomic E-state index is 12.4. The van der Waals surface area contributed by atoms with Gasteiger partial charge in [-0.25, -0.2) is 4.79 Å². The highest BCUT2D eigenvalue weighted by atomic mass is 79.9. The summed E-state index contributed by atoms with van der Waals surface area (Å²) >= 11 is 6.99. The van der Waals surface area contributed by atoms with E-state index in [9.17, 15) is 4.79 Å². The molecule has 1 aliphatic heterocycles. The molecule has 2 aromatic rings. The first-order valence-electron chi connectivity index (χ1n) is 9.80. The predicted molar refractivity (Wildman–Crippen MR) is 117 cm³/mol. The fraction of sp³-hybridized carbons (Fsp3) is 0.409. The van der Waals surface area contributed by atoms with Crippen LogP contribution in [-0.2, 0) is 4.74 Å². The van der Waals surface area contributed by atoms with E-state index in [1.807, 2.05) is 29.2 Å². The van der Waals surface area contributed by atoms with Crippen molar-refractivity contribution < 1.29 is 9.53 Å². The lowest BCUT2D eigenvalue weighted by molar-refractivity contribution is -0.0648. The van der Waals surface area contributed by atoms with Gasteiger partial charge in [0, 0.05) is 15.0 Å². The molecule has 2 aromatic carbocycles. The lowest BCUT2D eigenvalue weighted by Gasteiger charge is -2.41. The third-order valence-corrected chi connectivity index (χ3v) is 6.55. The van der Waals surface area contributed by atoms with Gasteiger partial charge in [-0.3, -0.25) is 0 Å². The number of carbonyl (C=O) groups is 1. The van der Waals surface area contributed by atoms with Gasteiger partial charge in [0.1, 0.15) is 6.10 Å². The van der Waals surface area contributed by atoms with Crippen LogP contribution in [0.1, 0.15) is 42.9 Å². The molecular weight excluding hydrogens is 484 g/mol. The lowest BCUT2D eigenvalue weighted by atomic mass is 10.0. The minimum atomic E-state index is -0.147. The summed E-state index contributed by atoms with van der Waals surface area (Å²) in [7, 11) is 0. The van der Waals surface area contributed by atoms with E-state index < -0.39 is 0 Å². The van der Waals surface area contributed by atoms with Gasteiger partial charge in [-0.1, -0.05) is 69.0 Å². The molecule has 2 aliphatic rings. The molecule has 1 aliphatic carbocycles. The SMILES string of the molecule is O=C(NC1CCCC1)N1CC(OC(c2ccc(Br)cc2)c2ccc(Br)cc2)C1. The first-order chi connectivity index (χ1) is 13.6. The highest BCUT2D eigenvalue weighted by molar-refractivity contribution is 9.10. The minimum absolute atomic E-state index is 0.0478. The number of amides is 2. The van der Waals surface area contributed by atoms with E-state index in [4.69, 9.17) is 4.74 Å². The number of hydrogen-bond donors (Lipinski definition) is 1. The van der Waals surface area contributed by atoms with Crippen LogP contribution in [0.25, 0.3) is 0 Å². The smallest absolute Gasteiger partial charge is 0.317 e. The van der Waals surface area contributed by atoms with Crippen molar-refractivity contribution in [1.82, 2.24) is 10.2 Å². The van der Waals surface area contributed by atoms with Gasteiger partial charge < -0.3 is 15.0 Å². The van der Waals surface area contributed by atoms with Gasteiger partial charge in [0.25, 0.3) is 0 Å². The van der Waals surface area contributed by atoms with Gasteiger partial charge in [0.2, 0.25) is 0 Å². The number of ether oxygens (including phenoxy) is 1. The monoisotopic (exact) mass is 506 g/mol. The Morgan fingerprint density at radius 1 is 0.929 bits per heavy atom. The van der Waals surface area contributed by atoms with Crippen LogP contribution in [0, 0.1) is 0 Å². The minimum Gasteiger partial charge on any atom is -0.362 e. The molecule has 6 heteroatoms. The molecule has 0 aromatic heterocycles. The molecule has 1 saturated heterocycles. The zero-order valence-electron chi connectivity index (χ0n) is 15.6. The largest absolute Gasteiger partial charge is 0.362 e. The summed E-state index contributed by atoms with van der Waals surface area (Å²) in [6.07, 6.45) is 4.55. The summed E-state index contributed by atoms with van der Waals surface area (Å²) in [4.78, 5) is 14.2. The van der Waals surface area contributed by atoms with Crippen LogP contribution < -0.4 is 5.32 Å². The van der Waals surface area contributed by atoms with Gasteiger partial charge in [0.15, 0.2) is 0 Å². The number of halogens is 2. The summed E-state index contributed by atoms with van der Waals surface area (Å²) < 4.78 is 8.53. The molecule has 1 heterocycles. The molecule has 0 radical (unpaired) electrons. The summed E-state index contributed by atoms with van der Waals surface area (Å²) in [6.45, 7) is 1.28. The number of benzene rings is 2. The average Bonchev–Trinajstić information content (AvgIpc) is 3.16. The Hall–Kier alpha value is -1.37. The first-order valence-corrected chi connectivity index (χ1v) is 11.4. The molecule has 0 spiro atoms. The maximum absolute atomic E-state index is 12.4. The van der Waals surface area contributed by atoms with Crippen molar-refractivity contribution in [3.05, 3.63) is 68.6 Å². The van der Waals surface area contributed by atoms with E-state index in [1.165, 1.54) is 12.8 Å². The van der Waals surface area contributed by atoms with Gasteiger partial charge >= 0.3 is 6.03 Å². The topological polar surface area (TPSA) is 41.6 Å². The third-order valence-electron chi connectivity index (χ3n) is 5.49. The summed E-state index contributed by atoms with van der Waals surface area (Å²) in [5.41, 5.74) is 2.22. The Kier molecular flexibility index (Phi) is 6.38. The van der Waals surface area contributed by atoms with Crippen molar-refractivity contribution in [2.75, 3.05) is 13.1 Å². The third kappa shape index (κ3) is 4.78. The van der Waals surface area contributed by atoms with Crippen LogP contribution in [0.3, 0.4) is 0 Å². The van der Waals surface area contributed by atoms with Gasteiger partial charge in [-0.2, -0.15) is 0 Å². The van der Waals surface area contributed by atoms with Crippen LogP contribution in [0.2, 0.25) is 0 Å². The fourth-order valence-electron chi connectivity index (χ4n) is 3.84. The van der Waals surface area contributed by atoms with Crippen LogP contribution >= 0.6 is 31.9 Å². The molecule has 0 atom stereocenters. The summed E-state index contributed by atoms with van der Waals surface area (Å²) in [5.74, 6) is 0. The second kappa shape index (κ2) is 8.97. The highest BCUT2D eigenvalue weighted by Crippen LogP contribution is 2.31. The van der Waals surface area contributed by atoms with Crippen LogP contribution in [0.15, 0.2) is 57.5 Å². The molecule has 1 N–H and O–H groups in total. The zero-order valence-corrected chi connectivity index (χ0v) is 18.8. The first kappa shape index (κ1) is 19.9. The number of likely N-dealkylation sites (tertiary alicyclic amines) is 1. The number of hydrogen-bond acceptors (Lipinski definition) is 2. The van der Waals surface area contributed by atoms with E-state index in [2.05, 4.69) is 61.4 Å². The molecule has 2 fully saturated rings. The number of carbonyl (C=O) groups excluding carboxylic acids is 1. The number of nitrogens with one attached hydrogen (secondary N) is 1. The van der Waals surface area contributed by atoms with E-state index in [1.54, 1.807) is 0 Å². The summed E-state index contributed by atoms with van der Waals surface area (Å²) in [6, 6.07) is 16.9. The van der Waals surface area contributed by atoms with E-state index in [0.29, 0.717) is 19.1 Å². The van der Waals surface area contributed by atoms with Crippen LogP contribution in [0.5, 0.6) is 0 Å². The van der Waals surface area contributed by atoms with E-state index >= 15 is 0 Å². The molecule has 0 bridgehead atoms. The predicted octanol–water partition coefficient (Wildman–Crippen LogP) is 5.65. The Labute approximate surface area is 182 Å². The molecule has 0 unspecified atom stereocenters. The quantitative estimate of drug-likeness (QED) is 0.567. The van der Waals surface area contributed by atoms with Gasteiger partial charge in [-0.05, 0) is 48.2 Å². The zero-order chi connectivity index (χ0) is 19.5. The van der Waals surface area contributed by atoms with E-state index in [-0.39, 0.29) is 18.2 Å². The van der Waals surface area contributed by atoms with Crippen LogP contribution in [-0.4, -0.2) is 36.2 Å². The molecular formula is C22H24Br2N2O2. The molecule has 28 heavy (non-hydrogen) atoms. The molecule has 148 valence electrons. The number of urea groups is 1. The van der Waals surface area contributed by atoms with Gasteiger partial charge in [0.05, 0.1) is 19.2 Å². The Morgan fingerprint density at radius 3 is 1.93 bits per heavy atom. The van der Waals surface area contributed by atoms with Gasteiger partial charge in [-0.15, -0.1) is 0 Å². The Morgan fingerprint density at radius 2 is 1.43 bits per heavy atom. The number of nitrogens with zero attached hydrogens (tertiary/aromatic N) is 1. The highest BCUT2D eigenvalue weighted by Gasteiger charge is 2.35. The standard InChI is InChI=1S/C22H24Br2N2O2/c23-17-9-5-15(6-10-17)21(16-7-11-18(24)12-8-16)28-20-13-26(14-20)22(27)25-19-3-1-2-4-19/h5-12,19-21H,1-4,13-14H2,(H,25,27).